The number of thioether (sulfide) groups is 1. The zero-order valence-corrected chi connectivity index (χ0v) is 19.1. The van der Waals surface area contributed by atoms with Crippen molar-refractivity contribution in [3.63, 3.8) is 0 Å². The zero-order chi connectivity index (χ0) is 22.1. The van der Waals surface area contributed by atoms with Gasteiger partial charge >= 0.3 is 18.9 Å². The Labute approximate surface area is 204 Å². The Kier molecular flexibility index (Phi) is 10.6. The topological polar surface area (TPSA) is 94.4 Å². The van der Waals surface area contributed by atoms with Crippen molar-refractivity contribution >= 4 is 23.6 Å². The fourth-order valence-electron chi connectivity index (χ4n) is 3.22. The molecular weight excluding hydrogens is 419 g/mol. The first-order valence-corrected chi connectivity index (χ1v) is 11.4. The Balaban J connectivity index is 0.00000363. The predicted molar refractivity (Wildman–Crippen MR) is 120 cm³/mol. The van der Waals surface area contributed by atoms with Gasteiger partial charge in [0.15, 0.2) is 0 Å². The van der Waals surface area contributed by atoms with Crippen LogP contribution in [0.2, 0.25) is 0 Å². The minimum absolute atomic E-state index is 0. The molecule has 0 aliphatic rings. The largest absolute Gasteiger partial charge is 1.00 e. The van der Waals surface area contributed by atoms with Gasteiger partial charge in [0.1, 0.15) is 5.76 Å². The van der Waals surface area contributed by atoms with Crippen molar-refractivity contribution < 1.29 is 38.0 Å². The van der Waals surface area contributed by atoms with E-state index in [2.05, 4.69) is 10.6 Å². The van der Waals surface area contributed by atoms with Gasteiger partial charge in [-0.1, -0.05) is 36.4 Å². The van der Waals surface area contributed by atoms with Crippen LogP contribution in [0.25, 0.3) is 11.1 Å². The molecule has 3 rings (SSSR count). The monoisotopic (exact) mass is 444 g/mol. The van der Waals surface area contributed by atoms with Crippen LogP contribution in [0, 0.1) is 0 Å². The van der Waals surface area contributed by atoms with Crippen LogP contribution in [0.5, 0.6) is 0 Å². The van der Waals surface area contributed by atoms with E-state index in [1.54, 1.807) is 12.3 Å². The molecule has 0 spiro atoms. The second kappa shape index (κ2) is 13.2. The molecule has 1 aromatic heterocycles. The number of aliphatic carboxylic acids is 1. The maximum absolute atomic E-state index is 13.0. The first-order valence-electron chi connectivity index (χ1n) is 10.0. The number of hydrogen-bond acceptors (Lipinski definition) is 6. The third-order valence-corrected chi connectivity index (χ3v) is 5.47. The van der Waals surface area contributed by atoms with Crippen LogP contribution in [0.4, 0.5) is 0 Å². The standard InChI is InChI=1S/C24H26N2O4S.Li/c1-31-13-11-22(24(28)29)26-23(27)20-10-9-17(15-25-16-19-8-5-12-30-19)14-21(20)18-6-3-2-4-7-18;/h2-10,12,14,22,25H,11,13,15-16H2,1H3,(H,26,27)(H,28,29);/q;+1/p-1. The number of carbonyl (C=O) groups excluding carboxylic acids is 2. The molecule has 0 aliphatic heterocycles. The smallest absolute Gasteiger partial charge is 0.548 e. The summed E-state index contributed by atoms with van der Waals surface area (Å²) in [6.07, 6.45) is 3.84. The van der Waals surface area contributed by atoms with E-state index in [1.165, 1.54) is 11.8 Å². The number of rotatable bonds is 11. The average molecular weight is 444 g/mol. The molecule has 1 unspecified atom stereocenters. The summed E-state index contributed by atoms with van der Waals surface area (Å²) in [6.45, 7) is 1.19. The summed E-state index contributed by atoms with van der Waals surface area (Å²) in [6, 6.07) is 17.8. The van der Waals surface area contributed by atoms with Crippen LogP contribution < -0.4 is 34.6 Å². The summed E-state index contributed by atoms with van der Waals surface area (Å²) in [5.41, 5.74) is 3.06. The van der Waals surface area contributed by atoms with Crippen molar-refractivity contribution in [1.29, 1.82) is 0 Å². The van der Waals surface area contributed by atoms with E-state index in [4.69, 9.17) is 4.42 Å². The SMILES string of the molecule is CSCCC(NC(=O)c1ccc(CNCc2ccco2)cc1-c1ccccc1)C(=O)[O-].[Li+]. The molecule has 0 fully saturated rings. The predicted octanol–water partition coefficient (Wildman–Crippen LogP) is -0.158. The second-order valence-corrected chi connectivity index (χ2v) is 8.04. The van der Waals surface area contributed by atoms with Crippen molar-refractivity contribution in [1.82, 2.24) is 10.6 Å². The van der Waals surface area contributed by atoms with Crippen molar-refractivity contribution in [2.75, 3.05) is 12.0 Å². The number of carboxylic acid groups (broad SMARTS) is 1. The molecule has 1 heterocycles. The maximum Gasteiger partial charge on any atom is 1.00 e. The van der Waals surface area contributed by atoms with Crippen LogP contribution in [0.3, 0.4) is 0 Å². The molecule has 32 heavy (non-hydrogen) atoms. The number of carbonyl (C=O) groups is 2. The van der Waals surface area contributed by atoms with Crippen LogP contribution in [-0.4, -0.2) is 29.9 Å². The third kappa shape index (κ3) is 7.32. The fraction of sp³-hybridized carbons (Fsp3) is 0.250. The molecule has 2 N–H and O–H groups in total. The maximum atomic E-state index is 13.0. The minimum atomic E-state index is -1.28. The summed E-state index contributed by atoms with van der Waals surface area (Å²) in [5, 5.41) is 17.4. The Morgan fingerprint density at radius 3 is 2.50 bits per heavy atom. The molecule has 1 atom stereocenters. The van der Waals surface area contributed by atoms with Gasteiger partial charge in [0.05, 0.1) is 24.8 Å². The summed E-state index contributed by atoms with van der Waals surface area (Å²) in [4.78, 5) is 24.4. The van der Waals surface area contributed by atoms with Gasteiger partial charge in [0.2, 0.25) is 0 Å². The van der Waals surface area contributed by atoms with E-state index in [-0.39, 0.29) is 18.9 Å². The quantitative estimate of drug-likeness (QED) is 0.400. The van der Waals surface area contributed by atoms with E-state index in [9.17, 15) is 14.7 Å². The van der Waals surface area contributed by atoms with Gasteiger partial charge in [-0.05, 0) is 59.4 Å². The van der Waals surface area contributed by atoms with Crippen LogP contribution in [0.1, 0.15) is 28.1 Å². The number of benzene rings is 2. The van der Waals surface area contributed by atoms with E-state index in [1.807, 2.05) is 60.9 Å². The summed E-state index contributed by atoms with van der Waals surface area (Å²) < 4.78 is 5.33. The minimum Gasteiger partial charge on any atom is -0.548 e. The molecule has 3 aromatic rings. The van der Waals surface area contributed by atoms with E-state index in [0.717, 1.165) is 22.5 Å². The Morgan fingerprint density at radius 1 is 1.06 bits per heavy atom. The molecule has 0 saturated carbocycles. The molecule has 6 nitrogen and oxygen atoms in total. The molecule has 162 valence electrons. The Hall–Kier alpha value is -2.43. The van der Waals surface area contributed by atoms with Crippen molar-refractivity contribution in [3.8, 4) is 11.1 Å². The zero-order valence-electron chi connectivity index (χ0n) is 18.3. The Morgan fingerprint density at radius 2 is 1.84 bits per heavy atom. The molecule has 0 saturated heterocycles. The fourth-order valence-corrected chi connectivity index (χ4v) is 3.69. The molecule has 2 aromatic carbocycles. The second-order valence-electron chi connectivity index (χ2n) is 7.06. The van der Waals surface area contributed by atoms with Crippen molar-refractivity contribution in [2.24, 2.45) is 0 Å². The molecule has 1 amide bonds. The average Bonchev–Trinajstić information content (AvgIpc) is 3.30. The molecule has 0 aliphatic carbocycles. The van der Waals surface area contributed by atoms with Gasteiger partial charge in [0.25, 0.3) is 5.91 Å². The van der Waals surface area contributed by atoms with Crippen molar-refractivity contribution in [2.45, 2.75) is 25.6 Å². The number of furan rings is 1. The van der Waals surface area contributed by atoms with E-state index in [0.29, 0.717) is 30.8 Å². The van der Waals surface area contributed by atoms with Gasteiger partial charge in [-0.15, -0.1) is 0 Å². The molecule has 0 bridgehead atoms. The Bertz CT molecular complexity index is 996. The summed E-state index contributed by atoms with van der Waals surface area (Å²) in [7, 11) is 0. The van der Waals surface area contributed by atoms with Gasteiger partial charge < -0.3 is 25.0 Å². The van der Waals surface area contributed by atoms with Crippen molar-refractivity contribution in [3.05, 3.63) is 83.8 Å². The van der Waals surface area contributed by atoms with Gasteiger partial charge in [-0.2, -0.15) is 11.8 Å². The molecular formula is C24H25LiN2O4S. The normalized spacial score (nSPS) is 11.4. The first-order chi connectivity index (χ1) is 15.1. The van der Waals surface area contributed by atoms with Crippen LogP contribution in [-0.2, 0) is 17.9 Å². The number of hydrogen-bond donors (Lipinski definition) is 2. The van der Waals surface area contributed by atoms with Gasteiger partial charge in [-0.3, -0.25) is 4.79 Å². The third-order valence-electron chi connectivity index (χ3n) is 4.82. The molecule has 0 radical (unpaired) electrons. The van der Waals surface area contributed by atoms with Crippen LogP contribution >= 0.6 is 11.8 Å². The number of carboxylic acids is 1. The summed E-state index contributed by atoms with van der Waals surface area (Å²) in [5.74, 6) is -0.241. The summed E-state index contributed by atoms with van der Waals surface area (Å²) >= 11 is 1.52. The molecule has 8 heteroatoms. The first kappa shape index (κ1) is 25.8. The number of amides is 1. The van der Waals surface area contributed by atoms with Crippen LogP contribution in [0.15, 0.2) is 71.3 Å². The van der Waals surface area contributed by atoms with Gasteiger partial charge in [-0.25, -0.2) is 0 Å². The van der Waals surface area contributed by atoms with E-state index >= 15 is 0 Å². The van der Waals surface area contributed by atoms with Gasteiger partial charge in [0, 0.05) is 12.1 Å². The van der Waals surface area contributed by atoms with E-state index < -0.39 is 17.9 Å². The number of nitrogens with one attached hydrogen (secondary N) is 2.